The third-order valence-electron chi connectivity index (χ3n) is 6.55. The number of hydrogen-bond acceptors (Lipinski definition) is 4. The van der Waals surface area contributed by atoms with Crippen molar-refractivity contribution in [3.8, 4) is 11.4 Å². The van der Waals surface area contributed by atoms with E-state index in [0.717, 1.165) is 17.1 Å². The molecule has 8 heteroatoms. The van der Waals surface area contributed by atoms with Crippen molar-refractivity contribution in [3.05, 3.63) is 108 Å². The second kappa shape index (κ2) is 10.8. The predicted molar refractivity (Wildman–Crippen MR) is 149 cm³/mol. The first kappa shape index (κ1) is 24.5. The number of methoxy groups -OCH3 is 1. The molecule has 1 aliphatic rings. The van der Waals surface area contributed by atoms with E-state index in [1.807, 2.05) is 48.5 Å². The summed E-state index contributed by atoms with van der Waals surface area (Å²) in [6.07, 6.45) is 4.11. The van der Waals surface area contributed by atoms with E-state index in [4.69, 9.17) is 17.0 Å². The molecule has 0 spiro atoms. The van der Waals surface area contributed by atoms with Gasteiger partial charge in [0.15, 0.2) is 5.11 Å². The van der Waals surface area contributed by atoms with Crippen LogP contribution in [0.15, 0.2) is 91.3 Å². The lowest BCUT2D eigenvalue weighted by molar-refractivity contribution is -0.116. The molecule has 2 N–H and O–H groups in total. The van der Waals surface area contributed by atoms with Gasteiger partial charge in [0.1, 0.15) is 5.75 Å². The number of hydrogen-bond donors (Lipinski definition) is 2. The van der Waals surface area contributed by atoms with Gasteiger partial charge in [0.25, 0.3) is 0 Å². The van der Waals surface area contributed by atoms with Gasteiger partial charge < -0.3 is 24.8 Å². The van der Waals surface area contributed by atoms with Gasteiger partial charge in [-0.05, 0) is 67.7 Å². The van der Waals surface area contributed by atoms with Crippen LogP contribution in [0.5, 0.6) is 5.75 Å². The molecule has 7 nitrogen and oxygen atoms in total. The second-order valence-electron chi connectivity index (χ2n) is 8.96. The summed E-state index contributed by atoms with van der Waals surface area (Å²) in [5, 5.41) is 7.03. The zero-order chi connectivity index (χ0) is 25.8. The van der Waals surface area contributed by atoms with Crippen LogP contribution in [0.1, 0.15) is 35.5 Å². The summed E-state index contributed by atoms with van der Waals surface area (Å²) in [5.41, 5.74) is 4.88. The van der Waals surface area contributed by atoms with Crippen molar-refractivity contribution in [1.29, 1.82) is 0 Å². The van der Waals surface area contributed by atoms with Crippen molar-refractivity contribution in [2.45, 2.75) is 25.4 Å². The zero-order valence-electron chi connectivity index (χ0n) is 20.8. The smallest absolute Gasteiger partial charge is 0.226 e. The second-order valence-corrected chi connectivity index (χ2v) is 9.34. The number of benzene rings is 2. The molecule has 2 aromatic carbocycles. The maximum absolute atomic E-state index is 12.9. The lowest BCUT2D eigenvalue weighted by Crippen LogP contribution is -2.33. The van der Waals surface area contributed by atoms with Gasteiger partial charge in [-0.2, -0.15) is 0 Å². The molecule has 0 radical (unpaired) electrons. The van der Waals surface area contributed by atoms with E-state index in [0.29, 0.717) is 23.1 Å². The molecular formula is C29H29N5O2S. The predicted octanol–water partition coefficient (Wildman–Crippen LogP) is 5.19. The summed E-state index contributed by atoms with van der Waals surface area (Å²) in [4.78, 5) is 19.7. The largest absolute Gasteiger partial charge is 0.495 e. The Balaban J connectivity index is 1.43. The van der Waals surface area contributed by atoms with Gasteiger partial charge in [-0.3, -0.25) is 9.78 Å². The van der Waals surface area contributed by atoms with Gasteiger partial charge in [0.05, 0.1) is 30.6 Å². The van der Waals surface area contributed by atoms with Gasteiger partial charge in [0.2, 0.25) is 5.91 Å². The lowest BCUT2D eigenvalue weighted by atomic mass is 10.0. The van der Waals surface area contributed by atoms with Gasteiger partial charge in [-0.25, -0.2) is 0 Å². The van der Waals surface area contributed by atoms with E-state index in [1.54, 1.807) is 13.3 Å². The average molecular weight is 512 g/mol. The first-order valence-corrected chi connectivity index (χ1v) is 12.6. The van der Waals surface area contributed by atoms with E-state index in [2.05, 4.69) is 68.5 Å². The number of ether oxygens (including phenoxy) is 1. The fraction of sp³-hybridized carbons (Fsp3) is 0.207. The molecule has 1 fully saturated rings. The Morgan fingerprint density at radius 3 is 2.59 bits per heavy atom. The Hall–Kier alpha value is -4.17. The number of nitrogens with zero attached hydrogens (tertiary/aromatic N) is 3. The third-order valence-corrected chi connectivity index (χ3v) is 6.91. The number of amides is 1. The van der Waals surface area contributed by atoms with Crippen LogP contribution in [-0.2, 0) is 4.79 Å². The molecule has 0 bridgehead atoms. The Bertz CT molecular complexity index is 1390. The summed E-state index contributed by atoms with van der Waals surface area (Å²) < 4.78 is 7.55. The van der Waals surface area contributed by atoms with Crippen LogP contribution in [-0.4, -0.2) is 39.1 Å². The summed E-state index contributed by atoms with van der Waals surface area (Å²) in [6, 6.07) is 25.5. The molecule has 2 aromatic heterocycles. The third kappa shape index (κ3) is 5.20. The Labute approximate surface area is 222 Å². The number of nitrogens with one attached hydrogen (secondary N) is 2. The normalized spacial score (nSPS) is 16.9. The van der Waals surface area contributed by atoms with Crippen LogP contribution in [0.3, 0.4) is 0 Å². The molecule has 1 aliphatic heterocycles. The first-order chi connectivity index (χ1) is 18.0. The summed E-state index contributed by atoms with van der Waals surface area (Å²) in [5.74, 6) is 0.513. The van der Waals surface area contributed by atoms with Crippen molar-refractivity contribution in [2.75, 3.05) is 19.0 Å². The molecule has 1 amide bonds. The number of carbonyl (C=O) groups excluding carboxylic acids is 1. The summed E-state index contributed by atoms with van der Waals surface area (Å²) >= 11 is 5.79. The highest BCUT2D eigenvalue weighted by Crippen LogP contribution is 2.39. The average Bonchev–Trinajstić information content (AvgIpc) is 3.53. The monoisotopic (exact) mass is 511 g/mol. The van der Waals surface area contributed by atoms with Gasteiger partial charge in [-0.15, -0.1) is 0 Å². The molecule has 3 heterocycles. The highest BCUT2D eigenvalue weighted by molar-refractivity contribution is 7.80. The van der Waals surface area contributed by atoms with Crippen LogP contribution in [0.2, 0.25) is 0 Å². The van der Waals surface area contributed by atoms with Crippen LogP contribution in [0.4, 0.5) is 5.69 Å². The van der Waals surface area contributed by atoms with E-state index in [9.17, 15) is 4.79 Å². The molecule has 2 atom stereocenters. The number of para-hydroxylation sites is 2. The lowest BCUT2D eigenvalue weighted by Gasteiger charge is -2.29. The van der Waals surface area contributed by atoms with E-state index in [1.165, 1.54) is 5.56 Å². The Morgan fingerprint density at radius 2 is 1.84 bits per heavy atom. The molecule has 37 heavy (non-hydrogen) atoms. The number of pyridine rings is 1. The quantitative estimate of drug-likeness (QED) is 0.317. The van der Waals surface area contributed by atoms with E-state index >= 15 is 0 Å². The fourth-order valence-electron chi connectivity index (χ4n) is 4.73. The number of carbonyl (C=O) groups is 1. The molecule has 188 valence electrons. The molecule has 5 rings (SSSR count). The maximum atomic E-state index is 12.9. The first-order valence-electron chi connectivity index (χ1n) is 12.2. The highest BCUT2D eigenvalue weighted by Gasteiger charge is 2.41. The van der Waals surface area contributed by atoms with Gasteiger partial charge in [0, 0.05) is 36.7 Å². The maximum Gasteiger partial charge on any atom is 0.226 e. The van der Waals surface area contributed by atoms with E-state index in [-0.39, 0.29) is 24.4 Å². The minimum absolute atomic E-state index is 0.110. The molecule has 0 unspecified atom stereocenters. The zero-order valence-corrected chi connectivity index (χ0v) is 21.6. The van der Waals surface area contributed by atoms with Crippen LogP contribution >= 0.6 is 12.2 Å². The van der Waals surface area contributed by atoms with Crippen LogP contribution < -0.4 is 15.4 Å². The number of aryl methyl sites for hydroxylation is 1. The minimum Gasteiger partial charge on any atom is -0.495 e. The highest BCUT2D eigenvalue weighted by atomic mass is 32.1. The number of thiocarbonyl (C=S) groups is 1. The van der Waals surface area contributed by atoms with Crippen molar-refractivity contribution in [3.63, 3.8) is 0 Å². The fourth-order valence-corrected chi connectivity index (χ4v) is 5.06. The van der Waals surface area contributed by atoms with Crippen molar-refractivity contribution < 1.29 is 9.53 Å². The minimum atomic E-state index is -0.162. The van der Waals surface area contributed by atoms with Gasteiger partial charge >= 0.3 is 0 Å². The summed E-state index contributed by atoms with van der Waals surface area (Å²) in [6.45, 7) is 2.52. The van der Waals surface area contributed by atoms with Crippen molar-refractivity contribution in [2.24, 2.45) is 0 Å². The molecule has 0 aliphatic carbocycles. The summed E-state index contributed by atoms with van der Waals surface area (Å²) in [7, 11) is 1.59. The molecule has 0 saturated carbocycles. The SMILES string of the molecule is COc1ccccc1NC(=O)CCN1C(=S)N[C@H](c2ccccn2)[C@H]1c1cccn1-c1ccc(C)cc1. The number of anilines is 1. The number of aromatic nitrogens is 2. The molecular weight excluding hydrogens is 482 g/mol. The van der Waals surface area contributed by atoms with Crippen molar-refractivity contribution >= 4 is 28.9 Å². The van der Waals surface area contributed by atoms with Crippen LogP contribution in [0, 0.1) is 6.92 Å². The van der Waals surface area contributed by atoms with E-state index < -0.39 is 0 Å². The molecule has 4 aromatic rings. The Morgan fingerprint density at radius 1 is 1.05 bits per heavy atom. The molecule has 1 saturated heterocycles. The Kier molecular flexibility index (Phi) is 7.18. The van der Waals surface area contributed by atoms with Gasteiger partial charge in [-0.1, -0.05) is 35.9 Å². The van der Waals surface area contributed by atoms with Crippen molar-refractivity contribution in [1.82, 2.24) is 19.8 Å². The standard InChI is InChI=1S/C29H29N5O2S/c1-20-12-14-21(15-13-20)33-18-7-10-24(33)28-27(23-9-5-6-17-30-23)32-29(37)34(28)19-16-26(35)31-22-8-3-4-11-25(22)36-2/h3-15,17-18,27-28H,16,19H2,1-2H3,(H,31,35)(H,32,37)/t27-,28-/m1/s1. The number of rotatable bonds is 8. The van der Waals surface area contributed by atoms with Crippen LogP contribution in [0.25, 0.3) is 5.69 Å². The topological polar surface area (TPSA) is 71.4 Å².